The first-order chi connectivity index (χ1) is 16.0. The number of hydrogen-bond acceptors (Lipinski definition) is 6. The lowest BCUT2D eigenvalue weighted by atomic mass is 10.2. The van der Waals surface area contributed by atoms with E-state index >= 15 is 0 Å². The molecule has 1 amide bonds. The molecule has 3 aromatic rings. The maximum Gasteiger partial charge on any atom is 0.343 e. The van der Waals surface area contributed by atoms with E-state index in [0.29, 0.717) is 22.6 Å². The van der Waals surface area contributed by atoms with E-state index in [-0.39, 0.29) is 12.4 Å². The summed E-state index contributed by atoms with van der Waals surface area (Å²) in [6, 6.07) is 19.4. The lowest BCUT2D eigenvalue weighted by molar-refractivity contribution is -0.123. The van der Waals surface area contributed by atoms with Crippen LogP contribution >= 0.6 is 15.9 Å². The molecule has 7 nitrogen and oxygen atoms in total. The summed E-state index contributed by atoms with van der Waals surface area (Å²) in [7, 11) is 1.47. The predicted octanol–water partition coefficient (Wildman–Crippen LogP) is 4.77. The van der Waals surface area contributed by atoms with Crippen LogP contribution in [0.4, 0.5) is 0 Å². The van der Waals surface area contributed by atoms with Gasteiger partial charge in [0.15, 0.2) is 18.1 Å². The molecule has 8 heteroatoms. The molecule has 0 heterocycles. The third kappa shape index (κ3) is 7.18. The highest BCUT2D eigenvalue weighted by atomic mass is 79.9. The number of methoxy groups -OCH3 is 1. The lowest BCUT2D eigenvalue weighted by Gasteiger charge is -2.10. The second-order valence-electron chi connectivity index (χ2n) is 6.89. The molecule has 0 fully saturated rings. The number of halogens is 1. The van der Waals surface area contributed by atoms with Gasteiger partial charge in [-0.25, -0.2) is 10.2 Å². The van der Waals surface area contributed by atoms with Gasteiger partial charge in [-0.05, 0) is 66.1 Å². The Labute approximate surface area is 200 Å². The number of aryl methyl sites for hydroxylation is 1. The fraction of sp³-hybridized carbons (Fsp3) is 0.160. The molecule has 0 saturated heterocycles. The zero-order chi connectivity index (χ0) is 23.6. The van der Waals surface area contributed by atoms with Crippen LogP contribution in [-0.4, -0.2) is 31.8 Å². The number of carbonyl (C=O) groups excluding carboxylic acids is 2. The van der Waals surface area contributed by atoms with E-state index in [1.54, 1.807) is 36.4 Å². The zero-order valence-corrected chi connectivity index (χ0v) is 19.8. The Bertz CT molecular complexity index is 1150. The summed E-state index contributed by atoms with van der Waals surface area (Å²) in [5.74, 6) is 0.340. The van der Waals surface area contributed by atoms with Crippen molar-refractivity contribution in [1.29, 1.82) is 0 Å². The Hall–Kier alpha value is -3.65. The summed E-state index contributed by atoms with van der Waals surface area (Å²) >= 11 is 3.33. The topological polar surface area (TPSA) is 86.2 Å². The molecular weight excluding hydrogens is 488 g/mol. The first-order valence-electron chi connectivity index (χ1n) is 10.2. The average Bonchev–Trinajstić information content (AvgIpc) is 2.83. The van der Waals surface area contributed by atoms with Crippen LogP contribution in [0.15, 0.2) is 76.3 Å². The van der Waals surface area contributed by atoms with E-state index in [0.717, 1.165) is 10.9 Å². The number of nitrogens with zero attached hydrogens (tertiary/aromatic N) is 1. The van der Waals surface area contributed by atoms with E-state index in [4.69, 9.17) is 14.2 Å². The van der Waals surface area contributed by atoms with Crippen molar-refractivity contribution in [2.24, 2.45) is 5.10 Å². The molecule has 0 unspecified atom stereocenters. The number of amides is 1. The van der Waals surface area contributed by atoms with Gasteiger partial charge in [-0.3, -0.25) is 4.79 Å². The molecule has 0 atom stereocenters. The lowest BCUT2D eigenvalue weighted by Crippen LogP contribution is -2.24. The normalized spacial score (nSPS) is 10.6. The first kappa shape index (κ1) is 24.0. The minimum absolute atomic E-state index is 0.156. The molecule has 0 aliphatic heterocycles. The third-order valence-electron chi connectivity index (χ3n) is 4.56. The molecule has 0 bridgehead atoms. The average molecular weight is 511 g/mol. The van der Waals surface area contributed by atoms with Crippen molar-refractivity contribution in [1.82, 2.24) is 5.43 Å². The van der Waals surface area contributed by atoms with Crippen molar-refractivity contribution in [2.75, 3.05) is 13.7 Å². The molecule has 3 aromatic carbocycles. The number of hydrazone groups is 1. The zero-order valence-electron chi connectivity index (χ0n) is 18.2. The Kier molecular flexibility index (Phi) is 8.60. The number of nitrogens with one attached hydrogen (secondary N) is 1. The number of esters is 1. The third-order valence-corrected chi connectivity index (χ3v) is 5.05. The van der Waals surface area contributed by atoms with Crippen molar-refractivity contribution in [3.05, 3.63) is 87.9 Å². The summed E-state index contributed by atoms with van der Waals surface area (Å²) in [6.45, 7) is 1.91. The van der Waals surface area contributed by atoms with Crippen LogP contribution in [0.3, 0.4) is 0 Å². The number of benzene rings is 3. The quantitative estimate of drug-likeness (QED) is 0.194. The fourth-order valence-corrected chi connectivity index (χ4v) is 3.20. The Morgan fingerprint density at radius 3 is 2.52 bits per heavy atom. The van der Waals surface area contributed by atoms with E-state index in [9.17, 15) is 9.59 Å². The summed E-state index contributed by atoms with van der Waals surface area (Å²) in [5, 5.41) is 3.93. The largest absolute Gasteiger partial charge is 0.493 e. The van der Waals surface area contributed by atoms with Crippen LogP contribution < -0.4 is 19.6 Å². The Morgan fingerprint density at radius 2 is 1.82 bits per heavy atom. The van der Waals surface area contributed by atoms with Gasteiger partial charge in [0.2, 0.25) is 0 Å². The van der Waals surface area contributed by atoms with Gasteiger partial charge in [0.25, 0.3) is 5.91 Å². The molecule has 0 spiro atoms. The SMILES string of the molecule is CCc1ccc(OCC(=O)N/N=C/c2ccc(OC(=O)c3cccc(Br)c3)c(OC)c2)cc1. The molecule has 0 saturated carbocycles. The molecule has 3 rings (SSSR count). The van der Waals surface area contributed by atoms with E-state index in [1.807, 2.05) is 30.3 Å². The minimum Gasteiger partial charge on any atom is -0.493 e. The standard InChI is InChI=1S/C25H23BrN2O5/c1-3-17-7-10-21(11-8-17)32-16-24(29)28-27-15-18-9-12-22(23(13-18)31-2)33-25(30)19-5-4-6-20(26)14-19/h4-15H,3,16H2,1-2H3,(H,28,29)/b27-15+. The van der Waals surface area contributed by atoms with Crippen LogP contribution in [0.2, 0.25) is 0 Å². The van der Waals surface area contributed by atoms with Crippen molar-refractivity contribution in [3.8, 4) is 17.2 Å². The van der Waals surface area contributed by atoms with Crippen molar-refractivity contribution >= 4 is 34.0 Å². The van der Waals surface area contributed by atoms with Crippen molar-refractivity contribution < 1.29 is 23.8 Å². The van der Waals surface area contributed by atoms with Crippen LogP contribution in [0.1, 0.15) is 28.4 Å². The molecule has 0 radical (unpaired) electrons. The smallest absolute Gasteiger partial charge is 0.343 e. The highest BCUT2D eigenvalue weighted by Gasteiger charge is 2.13. The van der Waals surface area contributed by atoms with E-state index in [1.165, 1.54) is 18.9 Å². The highest BCUT2D eigenvalue weighted by molar-refractivity contribution is 9.10. The fourth-order valence-electron chi connectivity index (χ4n) is 2.80. The second kappa shape index (κ2) is 11.8. The second-order valence-corrected chi connectivity index (χ2v) is 7.81. The summed E-state index contributed by atoms with van der Waals surface area (Å²) < 4.78 is 17.0. The molecule has 170 valence electrons. The van der Waals surface area contributed by atoms with Gasteiger partial charge in [0.1, 0.15) is 5.75 Å². The summed E-state index contributed by atoms with van der Waals surface area (Å²) in [5.41, 5.74) is 4.65. The molecular formula is C25H23BrN2O5. The number of rotatable bonds is 9. The van der Waals surface area contributed by atoms with Crippen LogP contribution in [0.25, 0.3) is 0 Å². The van der Waals surface area contributed by atoms with Gasteiger partial charge in [-0.2, -0.15) is 5.10 Å². The monoisotopic (exact) mass is 510 g/mol. The first-order valence-corrected chi connectivity index (χ1v) is 11.0. The highest BCUT2D eigenvalue weighted by Crippen LogP contribution is 2.28. The Balaban J connectivity index is 1.55. The summed E-state index contributed by atoms with van der Waals surface area (Å²) in [4.78, 5) is 24.3. The van der Waals surface area contributed by atoms with Crippen molar-refractivity contribution in [3.63, 3.8) is 0 Å². The maximum absolute atomic E-state index is 12.4. The Morgan fingerprint density at radius 1 is 1.03 bits per heavy atom. The molecule has 0 aliphatic rings. The van der Waals surface area contributed by atoms with Gasteiger partial charge in [-0.1, -0.05) is 41.1 Å². The van der Waals surface area contributed by atoms with Gasteiger partial charge in [-0.15, -0.1) is 0 Å². The molecule has 1 N–H and O–H groups in total. The molecule has 0 aromatic heterocycles. The minimum atomic E-state index is -0.507. The van der Waals surface area contributed by atoms with Crippen LogP contribution in [0.5, 0.6) is 17.2 Å². The van der Waals surface area contributed by atoms with Gasteiger partial charge >= 0.3 is 5.97 Å². The van der Waals surface area contributed by atoms with Gasteiger partial charge in [0, 0.05) is 4.47 Å². The van der Waals surface area contributed by atoms with E-state index in [2.05, 4.69) is 33.4 Å². The van der Waals surface area contributed by atoms with Crippen LogP contribution in [-0.2, 0) is 11.2 Å². The van der Waals surface area contributed by atoms with Crippen molar-refractivity contribution in [2.45, 2.75) is 13.3 Å². The van der Waals surface area contributed by atoms with Crippen LogP contribution in [0, 0.1) is 0 Å². The van der Waals surface area contributed by atoms with E-state index < -0.39 is 11.9 Å². The van der Waals surface area contributed by atoms with Gasteiger partial charge < -0.3 is 14.2 Å². The number of hydrogen-bond donors (Lipinski definition) is 1. The number of ether oxygens (including phenoxy) is 3. The summed E-state index contributed by atoms with van der Waals surface area (Å²) in [6.07, 6.45) is 2.39. The predicted molar refractivity (Wildman–Crippen MR) is 129 cm³/mol. The maximum atomic E-state index is 12.4. The van der Waals surface area contributed by atoms with Gasteiger partial charge in [0.05, 0.1) is 18.9 Å². The number of carbonyl (C=O) groups is 2. The molecule has 33 heavy (non-hydrogen) atoms. The molecule has 0 aliphatic carbocycles.